The van der Waals surface area contributed by atoms with E-state index in [4.69, 9.17) is 21.1 Å². The number of ether oxygens (including phenoxy) is 2. The molecule has 8 heteroatoms. The highest BCUT2D eigenvalue weighted by Gasteiger charge is 2.16. The lowest BCUT2D eigenvalue weighted by atomic mass is 10.1. The van der Waals surface area contributed by atoms with E-state index in [1.807, 2.05) is 49.4 Å². The summed E-state index contributed by atoms with van der Waals surface area (Å²) in [7, 11) is 0. The Labute approximate surface area is 192 Å². The highest BCUT2D eigenvalue weighted by molar-refractivity contribution is 6.31. The minimum absolute atomic E-state index is 0.236. The van der Waals surface area contributed by atoms with Crippen molar-refractivity contribution in [1.82, 2.24) is 10.2 Å². The molecule has 166 valence electrons. The molecule has 32 heavy (non-hydrogen) atoms. The Morgan fingerprint density at radius 1 is 1.09 bits per heavy atom. The Morgan fingerprint density at radius 2 is 1.84 bits per heavy atom. The Bertz CT molecular complexity index is 1070. The Kier molecular flexibility index (Phi) is 6.87. The maximum atomic E-state index is 12.5. The van der Waals surface area contributed by atoms with E-state index in [2.05, 4.69) is 20.4 Å². The van der Waals surface area contributed by atoms with Gasteiger partial charge in [-0.3, -0.25) is 4.79 Å². The van der Waals surface area contributed by atoms with Crippen molar-refractivity contribution in [3.05, 3.63) is 65.2 Å². The minimum atomic E-state index is -0.658. The molecule has 2 aromatic carbocycles. The van der Waals surface area contributed by atoms with E-state index in [-0.39, 0.29) is 5.91 Å². The van der Waals surface area contributed by atoms with Crippen molar-refractivity contribution in [3.63, 3.8) is 0 Å². The first-order chi connectivity index (χ1) is 15.5. The van der Waals surface area contributed by atoms with Crippen LogP contribution in [0.3, 0.4) is 0 Å². The van der Waals surface area contributed by atoms with Gasteiger partial charge >= 0.3 is 0 Å². The quantitative estimate of drug-likeness (QED) is 0.599. The van der Waals surface area contributed by atoms with Crippen LogP contribution in [-0.4, -0.2) is 48.5 Å². The topological polar surface area (TPSA) is 76.6 Å². The third-order valence-electron chi connectivity index (χ3n) is 5.25. The number of aryl methyl sites for hydroxylation is 1. The van der Waals surface area contributed by atoms with Gasteiger partial charge in [0, 0.05) is 29.4 Å². The summed E-state index contributed by atoms with van der Waals surface area (Å²) in [5, 5.41) is 12.2. The Morgan fingerprint density at radius 3 is 2.50 bits per heavy atom. The van der Waals surface area contributed by atoms with Gasteiger partial charge in [0.25, 0.3) is 5.91 Å². The number of amides is 1. The van der Waals surface area contributed by atoms with Crippen LogP contribution in [0.1, 0.15) is 12.5 Å². The van der Waals surface area contributed by atoms with Gasteiger partial charge in [0.05, 0.1) is 18.9 Å². The van der Waals surface area contributed by atoms with Gasteiger partial charge in [0.15, 0.2) is 11.9 Å². The lowest BCUT2D eigenvalue weighted by molar-refractivity contribution is -0.122. The SMILES string of the molecule is Cc1cc(OC(C)C(=O)Nc2ccc(-c3ccc(N4CCOCC4)nn3)cc2)ccc1Cl. The number of halogens is 1. The monoisotopic (exact) mass is 452 g/mol. The second kappa shape index (κ2) is 9.97. The summed E-state index contributed by atoms with van der Waals surface area (Å²) in [6.07, 6.45) is -0.658. The van der Waals surface area contributed by atoms with Gasteiger partial charge in [0.1, 0.15) is 5.75 Å². The highest BCUT2D eigenvalue weighted by atomic mass is 35.5. The number of carbonyl (C=O) groups excluding carboxylic acids is 1. The fraction of sp³-hybridized carbons (Fsp3) is 0.292. The van der Waals surface area contributed by atoms with E-state index in [1.165, 1.54) is 0 Å². The zero-order valence-corrected chi connectivity index (χ0v) is 18.8. The Hall–Kier alpha value is -3.16. The van der Waals surface area contributed by atoms with Gasteiger partial charge in [-0.15, -0.1) is 10.2 Å². The molecule has 4 rings (SSSR count). The largest absolute Gasteiger partial charge is 0.481 e. The van der Waals surface area contributed by atoms with Gasteiger partial charge in [-0.1, -0.05) is 23.7 Å². The summed E-state index contributed by atoms with van der Waals surface area (Å²) in [5.74, 6) is 1.22. The standard InChI is InChI=1S/C24H25ClN4O3/c1-16-15-20(7-8-21(16)25)32-17(2)24(30)26-19-5-3-18(4-6-19)22-9-10-23(28-27-22)29-11-13-31-14-12-29/h3-10,15,17H,11-14H2,1-2H3,(H,26,30). The number of benzene rings is 2. The third-order valence-corrected chi connectivity index (χ3v) is 5.67. The number of nitrogens with zero attached hydrogens (tertiary/aromatic N) is 3. The summed E-state index contributed by atoms with van der Waals surface area (Å²) in [6, 6.07) is 16.7. The molecule has 0 aliphatic carbocycles. The molecule has 0 radical (unpaired) electrons. The van der Waals surface area contributed by atoms with Crippen LogP contribution in [0.15, 0.2) is 54.6 Å². The molecule has 1 N–H and O–H groups in total. The number of anilines is 2. The van der Waals surface area contributed by atoms with Crippen molar-refractivity contribution >= 4 is 29.0 Å². The molecule has 0 spiro atoms. The summed E-state index contributed by atoms with van der Waals surface area (Å²) in [4.78, 5) is 14.7. The van der Waals surface area contributed by atoms with Crippen molar-refractivity contribution in [1.29, 1.82) is 0 Å². The van der Waals surface area contributed by atoms with Crippen LogP contribution in [0.25, 0.3) is 11.3 Å². The van der Waals surface area contributed by atoms with Crippen LogP contribution in [-0.2, 0) is 9.53 Å². The molecule has 0 bridgehead atoms. The van der Waals surface area contributed by atoms with Gasteiger partial charge < -0.3 is 19.7 Å². The number of hydrogen-bond acceptors (Lipinski definition) is 6. The number of aromatic nitrogens is 2. The van der Waals surface area contributed by atoms with Gasteiger partial charge in [-0.2, -0.15) is 0 Å². The van der Waals surface area contributed by atoms with E-state index in [0.717, 1.165) is 35.7 Å². The van der Waals surface area contributed by atoms with E-state index in [0.29, 0.717) is 29.7 Å². The normalized spacial score (nSPS) is 14.7. The van der Waals surface area contributed by atoms with E-state index in [9.17, 15) is 4.79 Å². The predicted molar refractivity (Wildman–Crippen MR) is 125 cm³/mol. The lowest BCUT2D eigenvalue weighted by Crippen LogP contribution is -2.36. The molecule has 3 aromatic rings. The molecule has 2 heterocycles. The van der Waals surface area contributed by atoms with Crippen molar-refractivity contribution in [3.8, 4) is 17.0 Å². The molecule has 1 saturated heterocycles. The Balaban J connectivity index is 1.35. The zero-order chi connectivity index (χ0) is 22.5. The van der Waals surface area contributed by atoms with Gasteiger partial charge in [-0.25, -0.2) is 0 Å². The molecule has 1 aliphatic rings. The summed E-state index contributed by atoms with van der Waals surface area (Å²) >= 11 is 6.04. The number of nitrogens with one attached hydrogen (secondary N) is 1. The highest BCUT2D eigenvalue weighted by Crippen LogP contribution is 2.23. The molecule has 1 unspecified atom stereocenters. The lowest BCUT2D eigenvalue weighted by Gasteiger charge is -2.27. The number of hydrogen-bond donors (Lipinski definition) is 1. The van der Waals surface area contributed by atoms with Crippen LogP contribution in [0.2, 0.25) is 5.02 Å². The average molecular weight is 453 g/mol. The zero-order valence-electron chi connectivity index (χ0n) is 18.0. The molecule has 1 fully saturated rings. The van der Waals surface area contributed by atoms with Crippen LogP contribution in [0.4, 0.5) is 11.5 Å². The molecule has 7 nitrogen and oxygen atoms in total. The maximum Gasteiger partial charge on any atom is 0.265 e. The molecule has 1 aliphatic heterocycles. The smallest absolute Gasteiger partial charge is 0.265 e. The van der Waals surface area contributed by atoms with Crippen molar-refractivity contribution in [2.45, 2.75) is 20.0 Å². The summed E-state index contributed by atoms with van der Waals surface area (Å²) in [5.41, 5.74) is 3.27. The molecular formula is C24H25ClN4O3. The maximum absolute atomic E-state index is 12.5. The third kappa shape index (κ3) is 5.36. The number of rotatable bonds is 6. The van der Waals surface area contributed by atoms with Crippen LogP contribution >= 0.6 is 11.6 Å². The molecule has 0 saturated carbocycles. The first kappa shape index (κ1) is 22.0. The fourth-order valence-corrected chi connectivity index (χ4v) is 3.47. The summed E-state index contributed by atoms with van der Waals surface area (Å²) < 4.78 is 11.1. The second-order valence-electron chi connectivity index (χ2n) is 7.61. The van der Waals surface area contributed by atoms with Crippen LogP contribution in [0, 0.1) is 6.92 Å². The van der Waals surface area contributed by atoms with Crippen molar-refractivity contribution < 1.29 is 14.3 Å². The first-order valence-electron chi connectivity index (χ1n) is 10.5. The minimum Gasteiger partial charge on any atom is -0.481 e. The van der Waals surface area contributed by atoms with Crippen molar-refractivity contribution in [2.75, 3.05) is 36.5 Å². The number of carbonyl (C=O) groups is 1. The number of morpholine rings is 1. The van der Waals surface area contributed by atoms with E-state index < -0.39 is 6.10 Å². The van der Waals surface area contributed by atoms with Crippen LogP contribution < -0.4 is 15.0 Å². The average Bonchev–Trinajstić information content (AvgIpc) is 2.82. The fourth-order valence-electron chi connectivity index (χ4n) is 3.36. The van der Waals surface area contributed by atoms with E-state index in [1.54, 1.807) is 19.1 Å². The summed E-state index contributed by atoms with van der Waals surface area (Å²) in [6.45, 7) is 6.66. The van der Waals surface area contributed by atoms with Gasteiger partial charge in [0.2, 0.25) is 0 Å². The van der Waals surface area contributed by atoms with Gasteiger partial charge in [-0.05, 0) is 61.9 Å². The molecule has 1 amide bonds. The van der Waals surface area contributed by atoms with Crippen molar-refractivity contribution in [2.24, 2.45) is 0 Å². The second-order valence-corrected chi connectivity index (χ2v) is 8.02. The van der Waals surface area contributed by atoms with E-state index >= 15 is 0 Å². The first-order valence-corrected chi connectivity index (χ1v) is 10.9. The van der Waals surface area contributed by atoms with Crippen LogP contribution in [0.5, 0.6) is 5.75 Å². The molecule has 1 aromatic heterocycles. The molecular weight excluding hydrogens is 428 g/mol. The molecule has 1 atom stereocenters. The predicted octanol–water partition coefficient (Wildman–Crippen LogP) is 4.35.